The molecule has 1 heterocycles. The van der Waals surface area contributed by atoms with Crippen LogP contribution in [0.4, 0.5) is 11.6 Å². The van der Waals surface area contributed by atoms with E-state index in [-0.39, 0.29) is 0 Å². The van der Waals surface area contributed by atoms with Crippen molar-refractivity contribution in [2.45, 2.75) is 0 Å². The molecule has 1 N–H and O–H groups in total. The molecule has 1 aromatic heterocycles. The first-order valence-electron chi connectivity index (χ1n) is 6.64. The number of methoxy groups -OCH3 is 1. The third-order valence-corrected chi connectivity index (χ3v) is 2.92. The summed E-state index contributed by atoms with van der Waals surface area (Å²) in [6, 6.07) is 17.2. The minimum absolute atomic E-state index is 0.441. The topological polar surface area (TPSA) is 77.2 Å². The maximum Gasteiger partial charge on any atom is 0.269 e. The van der Waals surface area contributed by atoms with E-state index in [2.05, 4.69) is 25.9 Å². The van der Waals surface area contributed by atoms with Gasteiger partial charge in [0.15, 0.2) is 0 Å². The Hall–Kier alpha value is -3.22. The molecule has 3 aromatic rings. The molecular weight excluding hydrogens is 280 g/mol. The second-order valence-corrected chi connectivity index (χ2v) is 4.40. The van der Waals surface area contributed by atoms with Gasteiger partial charge < -0.3 is 10.1 Å². The monoisotopic (exact) mass is 294 g/mol. The molecular formula is C15H14N6O. The smallest absolute Gasteiger partial charge is 0.269 e. The zero-order chi connectivity index (χ0) is 15.2. The van der Waals surface area contributed by atoms with E-state index in [0.29, 0.717) is 5.95 Å². The van der Waals surface area contributed by atoms with Crippen LogP contribution in [0.2, 0.25) is 0 Å². The van der Waals surface area contributed by atoms with Crippen molar-refractivity contribution in [3.05, 3.63) is 60.2 Å². The highest BCUT2D eigenvalue weighted by atomic mass is 16.5. The largest absolute Gasteiger partial charge is 0.497 e. The van der Waals surface area contributed by atoms with E-state index < -0.39 is 0 Å². The molecule has 0 unspecified atom stereocenters. The van der Waals surface area contributed by atoms with Gasteiger partial charge in [0.05, 0.1) is 13.3 Å². The first kappa shape index (κ1) is 13.7. The Morgan fingerprint density at radius 1 is 1.09 bits per heavy atom. The number of tetrazole rings is 1. The van der Waals surface area contributed by atoms with E-state index in [0.717, 1.165) is 17.0 Å². The van der Waals surface area contributed by atoms with Gasteiger partial charge in [0, 0.05) is 5.69 Å². The average molecular weight is 294 g/mol. The molecule has 0 aliphatic carbocycles. The second-order valence-electron chi connectivity index (χ2n) is 4.40. The SMILES string of the molecule is COc1ccc(/C=N\n2nnnc2Nc2ccccc2)cc1. The van der Waals surface area contributed by atoms with Crippen LogP contribution in [0.25, 0.3) is 0 Å². The number of anilines is 2. The maximum absolute atomic E-state index is 5.11. The standard InChI is InChI=1S/C15H14N6O/c1-22-14-9-7-12(8-10-14)11-16-21-15(18-19-20-21)17-13-5-3-2-4-6-13/h2-11H,1H3,(H,17,18,20)/b16-11-. The van der Waals surface area contributed by atoms with Crippen molar-refractivity contribution in [1.29, 1.82) is 0 Å². The molecule has 7 nitrogen and oxygen atoms in total. The highest BCUT2D eigenvalue weighted by molar-refractivity contribution is 5.79. The van der Waals surface area contributed by atoms with Gasteiger partial charge in [-0.3, -0.25) is 0 Å². The fourth-order valence-electron chi connectivity index (χ4n) is 1.80. The molecule has 0 atom stereocenters. The molecule has 0 radical (unpaired) electrons. The fraction of sp³-hybridized carbons (Fsp3) is 0.0667. The summed E-state index contributed by atoms with van der Waals surface area (Å²) in [4.78, 5) is 1.33. The van der Waals surface area contributed by atoms with Gasteiger partial charge in [-0.1, -0.05) is 28.1 Å². The molecule has 0 fully saturated rings. The van der Waals surface area contributed by atoms with Crippen LogP contribution in [0.5, 0.6) is 5.75 Å². The summed E-state index contributed by atoms with van der Waals surface area (Å²) in [6.07, 6.45) is 1.67. The molecule has 0 bridgehead atoms. The Kier molecular flexibility index (Phi) is 4.05. The molecule has 0 spiro atoms. The summed E-state index contributed by atoms with van der Waals surface area (Å²) >= 11 is 0. The average Bonchev–Trinajstić information content (AvgIpc) is 3.01. The summed E-state index contributed by atoms with van der Waals surface area (Å²) in [5.74, 6) is 1.24. The Balaban J connectivity index is 1.75. The zero-order valence-corrected chi connectivity index (χ0v) is 11.9. The lowest BCUT2D eigenvalue weighted by atomic mass is 10.2. The Labute approximate surface area is 127 Å². The van der Waals surface area contributed by atoms with E-state index in [4.69, 9.17) is 4.74 Å². The van der Waals surface area contributed by atoms with Crippen LogP contribution in [0.1, 0.15) is 5.56 Å². The second kappa shape index (κ2) is 6.49. The highest BCUT2D eigenvalue weighted by Crippen LogP contribution is 2.13. The van der Waals surface area contributed by atoms with Crippen LogP contribution < -0.4 is 10.1 Å². The van der Waals surface area contributed by atoms with Crippen LogP contribution >= 0.6 is 0 Å². The first-order valence-corrected chi connectivity index (χ1v) is 6.64. The van der Waals surface area contributed by atoms with Gasteiger partial charge in [0.1, 0.15) is 5.75 Å². The Morgan fingerprint density at radius 3 is 2.59 bits per heavy atom. The Bertz CT molecular complexity index is 751. The van der Waals surface area contributed by atoms with Gasteiger partial charge in [0.2, 0.25) is 0 Å². The van der Waals surface area contributed by atoms with E-state index in [1.807, 2.05) is 54.6 Å². The van der Waals surface area contributed by atoms with E-state index >= 15 is 0 Å². The quantitative estimate of drug-likeness (QED) is 0.731. The molecule has 0 saturated heterocycles. The molecule has 0 aliphatic rings. The molecule has 0 aliphatic heterocycles. The number of ether oxygens (including phenoxy) is 1. The third kappa shape index (κ3) is 3.26. The zero-order valence-electron chi connectivity index (χ0n) is 11.9. The lowest BCUT2D eigenvalue weighted by Gasteiger charge is -2.02. The summed E-state index contributed by atoms with van der Waals surface area (Å²) in [5.41, 5.74) is 1.81. The van der Waals surface area contributed by atoms with Gasteiger partial charge in [-0.2, -0.15) is 5.10 Å². The van der Waals surface area contributed by atoms with Gasteiger partial charge in [0.25, 0.3) is 5.95 Å². The van der Waals surface area contributed by atoms with E-state index in [9.17, 15) is 0 Å². The normalized spacial score (nSPS) is 10.8. The lowest BCUT2D eigenvalue weighted by Crippen LogP contribution is -2.01. The fourth-order valence-corrected chi connectivity index (χ4v) is 1.80. The van der Waals surface area contributed by atoms with Crippen LogP contribution in [-0.2, 0) is 0 Å². The number of nitrogens with zero attached hydrogens (tertiary/aromatic N) is 5. The molecule has 0 saturated carbocycles. The van der Waals surface area contributed by atoms with Crippen molar-refractivity contribution in [2.24, 2.45) is 5.10 Å². The van der Waals surface area contributed by atoms with Gasteiger partial charge in [-0.25, -0.2) is 0 Å². The molecule has 22 heavy (non-hydrogen) atoms. The van der Waals surface area contributed by atoms with Crippen LogP contribution in [0, 0.1) is 0 Å². The van der Waals surface area contributed by atoms with Crippen molar-refractivity contribution in [3.8, 4) is 5.75 Å². The summed E-state index contributed by atoms with van der Waals surface area (Å²) in [6.45, 7) is 0. The van der Waals surface area contributed by atoms with E-state index in [1.54, 1.807) is 13.3 Å². The van der Waals surface area contributed by atoms with Crippen molar-refractivity contribution in [1.82, 2.24) is 20.3 Å². The molecule has 0 amide bonds. The number of benzene rings is 2. The van der Waals surface area contributed by atoms with Crippen LogP contribution in [-0.4, -0.2) is 33.6 Å². The number of hydrogen-bond donors (Lipinski definition) is 1. The van der Waals surface area contributed by atoms with E-state index in [1.165, 1.54) is 4.79 Å². The molecule has 7 heteroatoms. The van der Waals surface area contributed by atoms with Crippen molar-refractivity contribution in [3.63, 3.8) is 0 Å². The van der Waals surface area contributed by atoms with Gasteiger partial charge in [-0.05, 0) is 52.4 Å². The van der Waals surface area contributed by atoms with Crippen LogP contribution in [0.15, 0.2) is 59.7 Å². The number of para-hydroxylation sites is 1. The van der Waals surface area contributed by atoms with Crippen LogP contribution in [0.3, 0.4) is 0 Å². The van der Waals surface area contributed by atoms with Gasteiger partial charge >= 0.3 is 0 Å². The first-order chi connectivity index (χ1) is 10.8. The number of aromatic nitrogens is 4. The van der Waals surface area contributed by atoms with Gasteiger partial charge in [-0.15, -0.1) is 0 Å². The summed E-state index contributed by atoms with van der Waals surface area (Å²) in [5, 5.41) is 18.7. The maximum atomic E-state index is 5.11. The minimum Gasteiger partial charge on any atom is -0.497 e. The summed E-state index contributed by atoms with van der Waals surface area (Å²) in [7, 11) is 1.63. The summed E-state index contributed by atoms with van der Waals surface area (Å²) < 4.78 is 5.11. The third-order valence-electron chi connectivity index (χ3n) is 2.92. The van der Waals surface area contributed by atoms with Crippen molar-refractivity contribution >= 4 is 17.9 Å². The Morgan fingerprint density at radius 2 is 1.86 bits per heavy atom. The predicted molar refractivity (Wildman–Crippen MR) is 83.5 cm³/mol. The van der Waals surface area contributed by atoms with Crippen molar-refractivity contribution in [2.75, 3.05) is 12.4 Å². The predicted octanol–water partition coefficient (Wildman–Crippen LogP) is 2.31. The lowest BCUT2D eigenvalue weighted by molar-refractivity contribution is 0.415. The number of nitrogens with one attached hydrogen (secondary N) is 1. The number of hydrogen-bond acceptors (Lipinski definition) is 6. The minimum atomic E-state index is 0.441. The molecule has 2 aromatic carbocycles. The molecule has 110 valence electrons. The number of rotatable bonds is 5. The highest BCUT2D eigenvalue weighted by Gasteiger charge is 2.04. The molecule has 3 rings (SSSR count). The van der Waals surface area contributed by atoms with Crippen molar-refractivity contribution < 1.29 is 4.74 Å².